The summed E-state index contributed by atoms with van der Waals surface area (Å²) in [6.45, 7) is 0. The van der Waals surface area contributed by atoms with Gasteiger partial charge in [-0.1, -0.05) is 96.3 Å². The molecule has 4 aromatic rings. The zero-order valence-corrected chi connectivity index (χ0v) is 21.7. The van der Waals surface area contributed by atoms with Crippen molar-refractivity contribution in [1.29, 1.82) is 0 Å². The molecular formula is C24H16Br3I. The molecule has 140 valence electrons. The minimum absolute atomic E-state index is 1.11. The fraction of sp³-hybridized carbons (Fsp3) is 0. The predicted octanol–water partition coefficient (Wildman–Crippen LogP) is 9.60. The maximum absolute atomic E-state index is 3.43. The zero-order valence-electron chi connectivity index (χ0n) is 14.7. The molecule has 0 aromatic heterocycles. The quantitative estimate of drug-likeness (QED) is 0.186. The van der Waals surface area contributed by atoms with E-state index in [9.17, 15) is 0 Å². The highest BCUT2D eigenvalue weighted by Gasteiger charge is 1.97. The number of halogens is 4. The Hall–Kier alpha value is -0.950. The second-order valence-electron chi connectivity index (χ2n) is 6.03. The summed E-state index contributed by atoms with van der Waals surface area (Å²) in [5, 5.41) is 0. The molecule has 0 bridgehead atoms. The summed E-state index contributed by atoms with van der Waals surface area (Å²) in [7, 11) is 0. The van der Waals surface area contributed by atoms with Crippen molar-refractivity contribution in [2.45, 2.75) is 0 Å². The lowest BCUT2D eigenvalue weighted by Gasteiger charge is -2.01. The second kappa shape index (κ2) is 10.7. The maximum atomic E-state index is 3.43. The van der Waals surface area contributed by atoms with Crippen LogP contribution in [-0.4, -0.2) is 0 Å². The molecule has 0 atom stereocenters. The molecule has 0 amide bonds. The maximum Gasteiger partial charge on any atom is 0.0175 e. The van der Waals surface area contributed by atoms with Gasteiger partial charge in [0.15, 0.2) is 0 Å². The second-order valence-corrected chi connectivity index (χ2v) is 10.0. The predicted molar refractivity (Wildman–Crippen MR) is 140 cm³/mol. The van der Waals surface area contributed by atoms with Crippen molar-refractivity contribution in [2.24, 2.45) is 0 Å². The molecule has 0 fully saturated rings. The van der Waals surface area contributed by atoms with Crippen molar-refractivity contribution in [3.8, 4) is 22.3 Å². The normalized spacial score (nSPS) is 10.1. The average Bonchev–Trinajstić information content (AvgIpc) is 2.71. The van der Waals surface area contributed by atoms with Crippen molar-refractivity contribution >= 4 is 70.4 Å². The fourth-order valence-electron chi connectivity index (χ4n) is 2.57. The van der Waals surface area contributed by atoms with Gasteiger partial charge in [0.05, 0.1) is 0 Å². The van der Waals surface area contributed by atoms with Gasteiger partial charge >= 0.3 is 0 Å². The molecule has 4 heteroatoms. The number of rotatable bonds is 2. The van der Waals surface area contributed by atoms with Crippen LogP contribution in [0.5, 0.6) is 0 Å². The highest BCUT2D eigenvalue weighted by atomic mass is 127. The van der Waals surface area contributed by atoms with E-state index in [0.717, 1.165) is 13.4 Å². The van der Waals surface area contributed by atoms with Crippen LogP contribution in [0.3, 0.4) is 0 Å². The van der Waals surface area contributed by atoms with Crippen LogP contribution in [0.25, 0.3) is 22.3 Å². The molecule has 0 aliphatic rings. The Bertz CT molecular complexity index is 833. The molecule has 28 heavy (non-hydrogen) atoms. The van der Waals surface area contributed by atoms with Crippen LogP contribution in [-0.2, 0) is 0 Å². The van der Waals surface area contributed by atoms with E-state index < -0.39 is 0 Å². The summed E-state index contributed by atoms with van der Waals surface area (Å²) in [4.78, 5) is 0. The molecule has 0 saturated heterocycles. The Morgan fingerprint density at radius 1 is 0.357 bits per heavy atom. The van der Waals surface area contributed by atoms with Crippen molar-refractivity contribution in [3.05, 3.63) is 114 Å². The summed E-state index contributed by atoms with van der Waals surface area (Å²) in [5.41, 5.74) is 4.99. The lowest BCUT2D eigenvalue weighted by molar-refractivity contribution is 1.58. The number of hydrogen-bond acceptors (Lipinski definition) is 0. The topological polar surface area (TPSA) is 0 Å². The summed E-state index contributed by atoms with van der Waals surface area (Å²) in [6.07, 6.45) is 0. The molecule has 0 heterocycles. The van der Waals surface area contributed by atoms with Crippen LogP contribution in [0.15, 0.2) is 110 Å². The monoisotopic (exact) mass is 668 g/mol. The van der Waals surface area contributed by atoms with Crippen LogP contribution in [0.1, 0.15) is 0 Å². The first-order valence-corrected chi connectivity index (χ1v) is 12.0. The molecule has 4 aromatic carbocycles. The SMILES string of the molecule is Brc1ccc(-c2ccc(Br)cc2)cc1.Brc1ccc(-c2ccc(I)cc2)cc1. The summed E-state index contributed by atoms with van der Waals surface area (Å²) >= 11 is 12.6. The van der Waals surface area contributed by atoms with Crippen molar-refractivity contribution in [1.82, 2.24) is 0 Å². The fourth-order valence-corrected chi connectivity index (χ4v) is 3.72. The molecule has 0 saturated carbocycles. The highest BCUT2D eigenvalue weighted by Crippen LogP contribution is 2.24. The van der Waals surface area contributed by atoms with Crippen LogP contribution in [0.2, 0.25) is 0 Å². The van der Waals surface area contributed by atoms with Crippen molar-refractivity contribution in [3.63, 3.8) is 0 Å². The van der Waals surface area contributed by atoms with Gasteiger partial charge in [0.1, 0.15) is 0 Å². The summed E-state index contributed by atoms with van der Waals surface area (Å²) < 4.78 is 4.60. The Balaban J connectivity index is 0.000000161. The summed E-state index contributed by atoms with van der Waals surface area (Å²) in [6, 6.07) is 33.5. The largest absolute Gasteiger partial charge is 0.0533 e. The van der Waals surface area contributed by atoms with E-state index in [1.54, 1.807) is 0 Å². The van der Waals surface area contributed by atoms with Gasteiger partial charge < -0.3 is 0 Å². The van der Waals surface area contributed by atoms with Gasteiger partial charge in [0.25, 0.3) is 0 Å². The van der Waals surface area contributed by atoms with E-state index in [0.29, 0.717) is 0 Å². The Morgan fingerprint density at radius 2 is 0.571 bits per heavy atom. The first kappa shape index (κ1) is 21.8. The lowest BCUT2D eigenvalue weighted by Crippen LogP contribution is -1.77. The van der Waals surface area contributed by atoms with E-state index in [1.807, 2.05) is 0 Å². The molecule has 4 rings (SSSR count). The third-order valence-corrected chi connectivity index (χ3v) is 6.35. The van der Waals surface area contributed by atoms with Crippen LogP contribution < -0.4 is 0 Å². The van der Waals surface area contributed by atoms with Gasteiger partial charge in [0, 0.05) is 17.0 Å². The Morgan fingerprint density at radius 3 is 0.821 bits per heavy atom. The van der Waals surface area contributed by atoms with E-state index in [2.05, 4.69) is 167 Å². The molecule has 0 nitrogen and oxygen atoms in total. The first-order chi connectivity index (χ1) is 13.5. The highest BCUT2D eigenvalue weighted by molar-refractivity contribution is 14.1. The Labute approximate surface area is 204 Å². The van der Waals surface area contributed by atoms with E-state index in [4.69, 9.17) is 0 Å². The summed E-state index contributed by atoms with van der Waals surface area (Å²) in [5.74, 6) is 0. The van der Waals surface area contributed by atoms with Gasteiger partial charge in [-0.2, -0.15) is 0 Å². The van der Waals surface area contributed by atoms with Crippen molar-refractivity contribution in [2.75, 3.05) is 0 Å². The molecule has 0 aliphatic carbocycles. The average molecular weight is 671 g/mol. The third-order valence-electron chi connectivity index (χ3n) is 4.04. The van der Waals surface area contributed by atoms with Gasteiger partial charge in [-0.15, -0.1) is 0 Å². The van der Waals surface area contributed by atoms with E-state index in [1.165, 1.54) is 25.8 Å². The van der Waals surface area contributed by atoms with Gasteiger partial charge in [-0.25, -0.2) is 0 Å². The van der Waals surface area contributed by atoms with Crippen LogP contribution >= 0.6 is 70.4 Å². The molecule has 0 aliphatic heterocycles. The standard InChI is InChI=1S/C12H8Br2.C12H8BrI/c2*13-11-5-1-9(2-6-11)10-3-7-12(14)8-4-10/h2*1-8H. The van der Waals surface area contributed by atoms with Crippen LogP contribution in [0.4, 0.5) is 0 Å². The van der Waals surface area contributed by atoms with E-state index in [-0.39, 0.29) is 0 Å². The van der Waals surface area contributed by atoms with E-state index >= 15 is 0 Å². The lowest BCUT2D eigenvalue weighted by atomic mass is 10.1. The Kier molecular flexibility index (Phi) is 8.33. The van der Waals surface area contributed by atoms with Gasteiger partial charge in [-0.05, 0) is 93.4 Å². The number of hydrogen-bond donors (Lipinski definition) is 0. The zero-order chi connectivity index (χ0) is 19.9. The first-order valence-electron chi connectivity index (χ1n) is 8.54. The smallest absolute Gasteiger partial charge is 0.0175 e. The van der Waals surface area contributed by atoms with Crippen LogP contribution in [0, 0.1) is 3.57 Å². The van der Waals surface area contributed by atoms with Gasteiger partial charge in [-0.3, -0.25) is 0 Å². The molecule has 0 unspecified atom stereocenters. The minimum atomic E-state index is 1.11. The molecule has 0 radical (unpaired) electrons. The molecule has 0 N–H and O–H groups in total. The number of benzene rings is 4. The minimum Gasteiger partial charge on any atom is -0.0533 e. The molecule has 0 spiro atoms. The molecular weight excluding hydrogens is 655 g/mol. The van der Waals surface area contributed by atoms with Crippen molar-refractivity contribution < 1.29 is 0 Å². The van der Waals surface area contributed by atoms with Gasteiger partial charge in [0.2, 0.25) is 0 Å². The third kappa shape index (κ3) is 6.55.